The number of fused-ring (bicyclic) bond motifs is 1. The van der Waals surface area contributed by atoms with Crippen molar-refractivity contribution < 1.29 is 24.2 Å². The van der Waals surface area contributed by atoms with Crippen LogP contribution in [-0.2, 0) is 14.4 Å². The average molecular weight is 614 g/mol. The second kappa shape index (κ2) is 12.1. The van der Waals surface area contributed by atoms with Crippen LogP contribution < -0.4 is 15.4 Å². The number of nitrogens with zero attached hydrogens (tertiary/aromatic N) is 1. The Hall–Kier alpha value is -2.75. The lowest BCUT2D eigenvalue weighted by Crippen LogP contribution is -2.57. The monoisotopic (exact) mass is 613 g/mol. The molecule has 1 spiro atoms. The lowest BCUT2D eigenvalue weighted by molar-refractivity contribution is -0.141. The molecule has 0 radical (unpaired) electrons. The highest BCUT2D eigenvalue weighted by molar-refractivity contribution is 8.02. The number of amides is 3. The maximum atomic E-state index is 14.5. The Kier molecular flexibility index (Phi) is 8.84. The van der Waals surface area contributed by atoms with Gasteiger partial charge in [-0.05, 0) is 74.4 Å². The van der Waals surface area contributed by atoms with Gasteiger partial charge in [-0.1, -0.05) is 44.5 Å². The Morgan fingerprint density at radius 2 is 1.88 bits per heavy atom. The smallest absolute Gasteiger partial charge is 0.248 e. The van der Waals surface area contributed by atoms with E-state index in [0.29, 0.717) is 41.6 Å². The highest BCUT2D eigenvalue weighted by atomic mass is 35.5. The summed E-state index contributed by atoms with van der Waals surface area (Å²) < 4.78 is 4.71. The minimum atomic E-state index is -0.866. The Balaban J connectivity index is 1.52. The molecule has 3 N–H and O–H groups in total. The normalized spacial score (nSPS) is 28.6. The Morgan fingerprint density at radius 3 is 2.50 bits per heavy atom. The summed E-state index contributed by atoms with van der Waals surface area (Å²) in [7, 11) is 0. The SMILES string of the molecule is CCOc1ccc(NC(=O)[C@@H]2[C@H]3C(=O)N([C@@H](CO)CC(C)C)C(C(=O)Nc4c(C)cccc4Cl)C34S[C@@H]2CC4C)cc1. The minimum absolute atomic E-state index is 0.00228. The van der Waals surface area contributed by atoms with Crippen LogP contribution in [0.2, 0.25) is 5.02 Å². The van der Waals surface area contributed by atoms with Crippen molar-refractivity contribution in [3.63, 3.8) is 0 Å². The summed E-state index contributed by atoms with van der Waals surface area (Å²) in [6, 6.07) is 11.2. The lowest BCUT2D eigenvalue weighted by Gasteiger charge is -2.40. The quantitative estimate of drug-likeness (QED) is 0.333. The van der Waals surface area contributed by atoms with Crippen molar-refractivity contribution in [3.05, 3.63) is 53.1 Å². The van der Waals surface area contributed by atoms with Gasteiger partial charge in [0.2, 0.25) is 17.7 Å². The van der Waals surface area contributed by atoms with E-state index in [4.69, 9.17) is 16.3 Å². The van der Waals surface area contributed by atoms with Crippen LogP contribution in [0.1, 0.15) is 46.1 Å². The molecule has 2 bridgehead atoms. The van der Waals surface area contributed by atoms with E-state index in [1.807, 2.05) is 39.8 Å². The number of thioether (sulfide) groups is 1. The number of benzene rings is 2. The van der Waals surface area contributed by atoms with Gasteiger partial charge in [0.05, 0.1) is 46.5 Å². The molecule has 226 valence electrons. The maximum absolute atomic E-state index is 14.5. The first-order chi connectivity index (χ1) is 20.0. The summed E-state index contributed by atoms with van der Waals surface area (Å²) in [5.74, 6) is -1.20. The number of aliphatic hydroxyl groups excluding tert-OH is 1. The second-order valence-electron chi connectivity index (χ2n) is 12.1. The summed E-state index contributed by atoms with van der Waals surface area (Å²) in [5, 5.41) is 16.9. The number of ether oxygens (including phenoxy) is 1. The molecule has 3 unspecified atom stereocenters. The number of halogens is 1. The number of carbonyl (C=O) groups excluding carboxylic acids is 3. The van der Waals surface area contributed by atoms with Gasteiger partial charge in [-0.15, -0.1) is 11.8 Å². The van der Waals surface area contributed by atoms with Gasteiger partial charge in [0, 0.05) is 10.9 Å². The van der Waals surface area contributed by atoms with E-state index in [-0.39, 0.29) is 41.4 Å². The molecule has 3 amide bonds. The van der Waals surface area contributed by atoms with E-state index in [0.717, 1.165) is 5.56 Å². The summed E-state index contributed by atoms with van der Waals surface area (Å²) in [6.07, 6.45) is 1.25. The molecule has 2 aromatic carbocycles. The molecule has 3 aliphatic heterocycles. The zero-order chi connectivity index (χ0) is 30.3. The van der Waals surface area contributed by atoms with Crippen LogP contribution in [0.15, 0.2) is 42.5 Å². The fourth-order valence-corrected chi connectivity index (χ4v) is 9.96. The number of para-hydroxylation sites is 1. The zero-order valence-electron chi connectivity index (χ0n) is 24.7. The third-order valence-corrected chi connectivity index (χ3v) is 11.4. The van der Waals surface area contributed by atoms with E-state index in [1.54, 1.807) is 47.0 Å². The number of likely N-dealkylation sites (tertiary alicyclic amines) is 1. The number of hydrogen-bond donors (Lipinski definition) is 3. The van der Waals surface area contributed by atoms with Crippen LogP contribution in [0.3, 0.4) is 0 Å². The van der Waals surface area contributed by atoms with Gasteiger partial charge in [-0.25, -0.2) is 0 Å². The molecule has 5 rings (SSSR count). The van der Waals surface area contributed by atoms with E-state index in [9.17, 15) is 19.5 Å². The first-order valence-corrected chi connectivity index (χ1v) is 16.0. The van der Waals surface area contributed by atoms with Crippen molar-refractivity contribution in [3.8, 4) is 5.75 Å². The number of nitrogens with one attached hydrogen (secondary N) is 2. The van der Waals surface area contributed by atoms with Gasteiger partial charge in [0.1, 0.15) is 11.8 Å². The molecule has 3 aliphatic rings. The zero-order valence-corrected chi connectivity index (χ0v) is 26.3. The van der Waals surface area contributed by atoms with Crippen LogP contribution in [0, 0.1) is 30.6 Å². The van der Waals surface area contributed by atoms with Crippen molar-refractivity contribution in [2.24, 2.45) is 23.7 Å². The lowest BCUT2D eigenvalue weighted by atomic mass is 9.66. The fraction of sp³-hybridized carbons (Fsp3) is 0.531. The molecule has 2 aromatic rings. The second-order valence-corrected chi connectivity index (χ2v) is 14.1. The maximum Gasteiger partial charge on any atom is 0.248 e. The Morgan fingerprint density at radius 1 is 1.17 bits per heavy atom. The van der Waals surface area contributed by atoms with E-state index in [1.165, 1.54) is 0 Å². The molecule has 0 aliphatic carbocycles. The van der Waals surface area contributed by atoms with Gasteiger partial charge in [-0.3, -0.25) is 14.4 Å². The third kappa shape index (κ3) is 5.18. The highest BCUT2D eigenvalue weighted by Gasteiger charge is 2.76. The standard InChI is InChI=1S/C32H40ClN3O5S/c1-6-41-22-12-10-20(11-13-22)34-29(38)25-24-15-19(5)32(42-24)26(25)31(40)36(21(16-37)14-17(2)3)28(32)30(39)35-27-18(4)8-7-9-23(27)33/h7-13,17,19,21,24-26,28,37H,6,14-16H2,1-5H3,(H,34,38)(H,35,39)/t19?,21-,24-,25+,26+,28?,32?/m1/s1. The van der Waals surface area contributed by atoms with Crippen LogP contribution in [0.25, 0.3) is 0 Å². The Labute approximate surface area is 256 Å². The van der Waals surface area contributed by atoms with Gasteiger partial charge in [0.25, 0.3) is 0 Å². The number of rotatable bonds is 10. The number of carbonyl (C=O) groups is 3. The molecule has 0 saturated carbocycles. The van der Waals surface area contributed by atoms with E-state index in [2.05, 4.69) is 17.6 Å². The molecular weight excluding hydrogens is 574 g/mol. The van der Waals surface area contributed by atoms with Gasteiger partial charge in [0.15, 0.2) is 0 Å². The highest BCUT2D eigenvalue weighted by Crippen LogP contribution is 2.69. The number of hydrogen-bond acceptors (Lipinski definition) is 6. The first kappa shape index (κ1) is 30.7. The third-order valence-electron chi connectivity index (χ3n) is 8.99. The minimum Gasteiger partial charge on any atom is -0.494 e. The first-order valence-electron chi connectivity index (χ1n) is 14.7. The summed E-state index contributed by atoms with van der Waals surface area (Å²) in [6.45, 7) is 10.2. The van der Waals surface area contributed by atoms with Crippen molar-refractivity contribution in [2.45, 2.75) is 69.5 Å². The molecule has 3 heterocycles. The predicted molar refractivity (Wildman–Crippen MR) is 167 cm³/mol. The number of anilines is 2. The van der Waals surface area contributed by atoms with Crippen LogP contribution in [-0.4, -0.2) is 63.0 Å². The molecule has 3 fully saturated rings. The average Bonchev–Trinajstić information content (AvgIpc) is 3.54. The van der Waals surface area contributed by atoms with Crippen LogP contribution >= 0.6 is 23.4 Å². The van der Waals surface area contributed by atoms with E-state index >= 15 is 0 Å². The molecule has 7 atom stereocenters. The van der Waals surface area contributed by atoms with Crippen molar-refractivity contribution in [1.82, 2.24) is 4.90 Å². The molecular formula is C32H40ClN3O5S. The van der Waals surface area contributed by atoms with Gasteiger partial charge >= 0.3 is 0 Å². The summed E-state index contributed by atoms with van der Waals surface area (Å²) in [5.41, 5.74) is 1.94. The number of aliphatic hydroxyl groups is 1. The van der Waals surface area contributed by atoms with Crippen LogP contribution in [0.5, 0.6) is 5.75 Å². The van der Waals surface area contributed by atoms with Crippen molar-refractivity contribution >= 4 is 52.5 Å². The van der Waals surface area contributed by atoms with Crippen molar-refractivity contribution in [1.29, 1.82) is 0 Å². The van der Waals surface area contributed by atoms with E-state index < -0.39 is 28.7 Å². The molecule has 10 heteroatoms. The fourth-order valence-electron chi connectivity index (χ4n) is 7.28. The molecule has 3 saturated heterocycles. The molecule has 8 nitrogen and oxygen atoms in total. The van der Waals surface area contributed by atoms with Gasteiger partial charge in [-0.2, -0.15) is 0 Å². The van der Waals surface area contributed by atoms with Gasteiger partial charge < -0.3 is 25.4 Å². The largest absolute Gasteiger partial charge is 0.494 e. The van der Waals surface area contributed by atoms with Crippen LogP contribution in [0.4, 0.5) is 11.4 Å². The predicted octanol–water partition coefficient (Wildman–Crippen LogP) is 5.37. The number of aryl methyl sites for hydroxylation is 1. The molecule has 42 heavy (non-hydrogen) atoms. The Bertz CT molecular complexity index is 1330. The summed E-state index contributed by atoms with van der Waals surface area (Å²) >= 11 is 8.09. The van der Waals surface area contributed by atoms with Crippen molar-refractivity contribution in [2.75, 3.05) is 23.8 Å². The summed E-state index contributed by atoms with van der Waals surface area (Å²) in [4.78, 5) is 44.3. The topological polar surface area (TPSA) is 108 Å². The molecule has 0 aromatic heterocycles.